The molecular formula is C22H19ClN4O7. The number of hydrogen-bond acceptors (Lipinski definition) is 7. The maximum absolute atomic E-state index is 12.2. The zero-order valence-corrected chi connectivity index (χ0v) is 18.5. The first-order valence-electron chi connectivity index (χ1n) is 9.91. The van der Waals surface area contributed by atoms with Gasteiger partial charge in [0.05, 0.1) is 11.5 Å². The Morgan fingerprint density at radius 2 is 1.91 bits per heavy atom. The van der Waals surface area contributed by atoms with E-state index in [-0.39, 0.29) is 12.3 Å². The van der Waals surface area contributed by atoms with Crippen molar-refractivity contribution in [3.63, 3.8) is 0 Å². The number of aromatic amines is 2. The van der Waals surface area contributed by atoms with Crippen molar-refractivity contribution in [2.45, 2.75) is 6.92 Å². The molecule has 0 radical (unpaired) electrons. The number of carbonyl (C=O) groups is 1. The summed E-state index contributed by atoms with van der Waals surface area (Å²) in [5.41, 5.74) is -1.96. The molecule has 1 aromatic heterocycles. The van der Waals surface area contributed by atoms with Crippen LogP contribution in [0, 0.1) is 10.1 Å². The van der Waals surface area contributed by atoms with Crippen LogP contribution in [0.25, 0.3) is 12.2 Å². The Bertz CT molecular complexity index is 1360. The number of carbonyl (C=O) groups excluding carboxylic acids is 1. The van der Waals surface area contributed by atoms with Crippen LogP contribution in [-0.4, -0.2) is 34.0 Å². The highest BCUT2D eigenvalue weighted by atomic mass is 35.5. The van der Waals surface area contributed by atoms with Gasteiger partial charge in [0.2, 0.25) is 0 Å². The number of anilines is 1. The number of aromatic nitrogens is 2. The standard InChI is InChI=1S/C22H19ClN4O7/c1-2-33-18-10-13(6-8-16-20(27(31)32)21(29)26-22(30)25-16)7-9-17(18)34-12-19(28)24-15-5-3-4-14(23)11-15/h3-11H,2,12H2,1H3,(H,24,28)(H2,25,26,29,30)/b8-6-. The van der Waals surface area contributed by atoms with Crippen molar-refractivity contribution in [1.29, 1.82) is 0 Å². The van der Waals surface area contributed by atoms with E-state index < -0.39 is 27.8 Å². The molecule has 3 N–H and O–H groups in total. The predicted octanol–water partition coefficient (Wildman–Crippen LogP) is 3.21. The molecule has 3 rings (SSSR count). The quantitative estimate of drug-likeness (QED) is 0.309. The third kappa shape index (κ3) is 6.33. The molecule has 0 spiro atoms. The van der Waals surface area contributed by atoms with Gasteiger partial charge in [-0.05, 0) is 48.9 Å². The number of nitro groups is 1. The molecule has 0 bridgehead atoms. The topological polar surface area (TPSA) is 156 Å². The van der Waals surface area contributed by atoms with Gasteiger partial charge < -0.3 is 19.8 Å². The molecule has 0 aliphatic carbocycles. The molecule has 1 amide bonds. The first kappa shape index (κ1) is 24.3. The minimum absolute atomic E-state index is 0.255. The Morgan fingerprint density at radius 1 is 1.12 bits per heavy atom. The van der Waals surface area contributed by atoms with Crippen LogP contribution in [0.3, 0.4) is 0 Å². The smallest absolute Gasteiger partial charge is 0.357 e. The number of ether oxygens (including phenoxy) is 2. The summed E-state index contributed by atoms with van der Waals surface area (Å²) < 4.78 is 11.1. The molecule has 0 aliphatic heterocycles. The van der Waals surface area contributed by atoms with E-state index in [1.54, 1.807) is 49.4 Å². The Hall–Kier alpha value is -4.38. The molecule has 0 aliphatic rings. The minimum Gasteiger partial charge on any atom is -0.490 e. The average molecular weight is 487 g/mol. The number of halogens is 1. The Labute approximate surface area is 197 Å². The molecule has 12 heteroatoms. The summed E-state index contributed by atoms with van der Waals surface area (Å²) in [6, 6.07) is 11.4. The van der Waals surface area contributed by atoms with Crippen molar-refractivity contribution in [3.8, 4) is 11.5 Å². The summed E-state index contributed by atoms with van der Waals surface area (Å²) in [5.74, 6) is 0.226. The van der Waals surface area contributed by atoms with Crippen LogP contribution in [0.1, 0.15) is 18.2 Å². The second kappa shape index (κ2) is 11.0. The third-order valence-corrected chi connectivity index (χ3v) is 4.54. The fourth-order valence-corrected chi connectivity index (χ4v) is 3.09. The summed E-state index contributed by atoms with van der Waals surface area (Å²) in [4.78, 5) is 49.7. The molecule has 34 heavy (non-hydrogen) atoms. The number of rotatable bonds is 9. The van der Waals surface area contributed by atoms with Gasteiger partial charge in [0, 0.05) is 10.7 Å². The number of nitrogens with one attached hydrogen (secondary N) is 3. The Balaban J connectivity index is 1.77. The molecule has 0 fully saturated rings. The first-order chi connectivity index (χ1) is 16.3. The first-order valence-corrected chi connectivity index (χ1v) is 10.3. The summed E-state index contributed by atoms with van der Waals surface area (Å²) in [6.07, 6.45) is 2.69. The molecule has 0 atom stereocenters. The van der Waals surface area contributed by atoms with Crippen LogP contribution in [0.2, 0.25) is 5.02 Å². The van der Waals surface area contributed by atoms with Crippen LogP contribution >= 0.6 is 11.6 Å². The van der Waals surface area contributed by atoms with E-state index in [1.807, 2.05) is 4.98 Å². The number of nitrogens with zero attached hydrogens (tertiary/aromatic N) is 1. The highest BCUT2D eigenvalue weighted by Crippen LogP contribution is 2.29. The summed E-state index contributed by atoms with van der Waals surface area (Å²) in [6.45, 7) is 1.79. The zero-order chi connectivity index (χ0) is 24.7. The lowest BCUT2D eigenvalue weighted by molar-refractivity contribution is -0.386. The fourth-order valence-electron chi connectivity index (χ4n) is 2.90. The summed E-state index contributed by atoms with van der Waals surface area (Å²) in [7, 11) is 0. The zero-order valence-electron chi connectivity index (χ0n) is 17.8. The van der Waals surface area contributed by atoms with Crippen LogP contribution in [0.4, 0.5) is 11.4 Å². The van der Waals surface area contributed by atoms with Crippen molar-refractivity contribution in [2.24, 2.45) is 0 Å². The molecule has 1 heterocycles. The van der Waals surface area contributed by atoms with Crippen LogP contribution in [0.15, 0.2) is 52.1 Å². The van der Waals surface area contributed by atoms with E-state index >= 15 is 0 Å². The van der Waals surface area contributed by atoms with Crippen LogP contribution in [0.5, 0.6) is 11.5 Å². The lowest BCUT2D eigenvalue weighted by atomic mass is 10.1. The SMILES string of the molecule is CCOc1cc(/C=C\c2[nH]c(=O)[nH]c(=O)c2[N+](=O)[O-])ccc1OCC(=O)Nc1cccc(Cl)c1. The predicted molar refractivity (Wildman–Crippen MR) is 126 cm³/mol. The molecular weight excluding hydrogens is 468 g/mol. The van der Waals surface area contributed by atoms with E-state index in [1.165, 1.54) is 12.2 Å². The van der Waals surface area contributed by atoms with Gasteiger partial charge in [0.1, 0.15) is 5.69 Å². The van der Waals surface area contributed by atoms with Gasteiger partial charge in [-0.3, -0.25) is 24.7 Å². The fraction of sp³-hybridized carbons (Fsp3) is 0.136. The van der Waals surface area contributed by atoms with E-state index in [0.717, 1.165) is 0 Å². The van der Waals surface area contributed by atoms with Gasteiger partial charge in [-0.25, -0.2) is 4.79 Å². The van der Waals surface area contributed by atoms with Gasteiger partial charge in [-0.15, -0.1) is 0 Å². The minimum atomic E-state index is -1.11. The van der Waals surface area contributed by atoms with E-state index in [0.29, 0.717) is 34.4 Å². The molecule has 0 saturated heterocycles. The second-order valence-corrected chi connectivity index (χ2v) is 7.18. The molecule has 11 nitrogen and oxygen atoms in total. The largest absolute Gasteiger partial charge is 0.490 e. The monoisotopic (exact) mass is 486 g/mol. The molecule has 3 aromatic rings. The molecule has 0 unspecified atom stereocenters. The van der Waals surface area contributed by atoms with Crippen molar-refractivity contribution >= 4 is 41.0 Å². The van der Waals surface area contributed by atoms with Crippen molar-refractivity contribution in [3.05, 3.63) is 89.7 Å². The number of hydrogen-bond donors (Lipinski definition) is 3. The summed E-state index contributed by atoms with van der Waals surface area (Å²) in [5, 5.41) is 14.3. The number of amides is 1. The summed E-state index contributed by atoms with van der Waals surface area (Å²) >= 11 is 5.90. The van der Waals surface area contributed by atoms with Crippen molar-refractivity contribution in [2.75, 3.05) is 18.5 Å². The average Bonchev–Trinajstić information content (AvgIpc) is 2.76. The number of benzene rings is 2. The van der Waals surface area contributed by atoms with Crippen LogP contribution < -0.4 is 26.0 Å². The van der Waals surface area contributed by atoms with Crippen molar-refractivity contribution < 1.29 is 19.2 Å². The van der Waals surface area contributed by atoms with E-state index in [4.69, 9.17) is 21.1 Å². The second-order valence-electron chi connectivity index (χ2n) is 6.75. The van der Waals surface area contributed by atoms with Gasteiger partial charge in [0.25, 0.3) is 5.91 Å². The highest BCUT2D eigenvalue weighted by molar-refractivity contribution is 6.30. The van der Waals surface area contributed by atoms with Gasteiger partial charge in [-0.1, -0.05) is 29.8 Å². The van der Waals surface area contributed by atoms with E-state index in [9.17, 15) is 24.5 Å². The lowest BCUT2D eigenvalue weighted by Crippen LogP contribution is -2.25. The Kier molecular flexibility index (Phi) is 7.83. The Morgan fingerprint density at radius 3 is 2.62 bits per heavy atom. The van der Waals surface area contributed by atoms with Gasteiger partial charge >= 0.3 is 16.9 Å². The van der Waals surface area contributed by atoms with Crippen LogP contribution in [-0.2, 0) is 4.79 Å². The normalized spacial score (nSPS) is 10.8. The maximum Gasteiger partial charge on any atom is 0.357 e. The molecule has 2 aromatic carbocycles. The van der Waals surface area contributed by atoms with Crippen molar-refractivity contribution in [1.82, 2.24) is 9.97 Å². The third-order valence-electron chi connectivity index (χ3n) is 4.31. The highest BCUT2D eigenvalue weighted by Gasteiger charge is 2.19. The van der Waals surface area contributed by atoms with Gasteiger partial charge in [0.15, 0.2) is 18.1 Å². The maximum atomic E-state index is 12.2. The molecule has 176 valence electrons. The number of H-pyrrole nitrogens is 2. The van der Waals surface area contributed by atoms with Gasteiger partial charge in [-0.2, -0.15) is 0 Å². The van der Waals surface area contributed by atoms with E-state index in [2.05, 4.69) is 10.3 Å². The lowest BCUT2D eigenvalue weighted by Gasteiger charge is -2.13. The molecule has 0 saturated carbocycles.